The van der Waals surface area contributed by atoms with E-state index in [-0.39, 0.29) is 5.91 Å². The fraction of sp³-hybridized carbons (Fsp3) is 0.320. The van der Waals surface area contributed by atoms with Crippen molar-refractivity contribution in [2.75, 3.05) is 18.4 Å². The molecule has 1 aliphatic rings. The maximum Gasteiger partial charge on any atom is 0.243 e. The number of benzene rings is 2. The number of carbonyl (C=O) groups excluding carboxylic acids is 1. The van der Waals surface area contributed by atoms with E-state index in [1.165, 1.54) is 16.1 Å². The van der Waals surface area contributed by atoms with Gasteiger partial charge in [0.25, 0.3) is 0 Å². The zero-order valence-electron chi connectivity index (χ0n) is 19.3. The third kappa shape index (κ3) is 6.22. The van der Waals surface area contributed by atoms with Crippen LogP contribution in [0.25, 0.3) is 0 Å². The Morgan fingerprint density at radius 3 is 2.21 bits per heavy atom. The normalized spacial score (nSPS) is 14.3. The maximum atomic E-state index is 12.6. The summed E-state index contributed by atoms with van der Waals surface area (Å²) < 4.78 is 26.8. The number of aromatic nitrogens is 2. The highest BCUT2D eigenvalue weighted by molar-refractivity contribution is 7.99. The molecule has 1 fully saturated rings. The van der Waals surface area contributed by atoms with E-state index in [1.807, 2.05) is 44.2 Å². The van der Waals surface area contributed by atoms with E-state index in [0.717, 1.165) is 40.4 Å². The van der Waals surface area contributed by atoms with Crippen LogP contribution in [0.4, 0.5) is 5.69 Å². The maximum absolute atomic E-state index is 12.6. The number of carbonyl (C=O) groups is 1. The highest BCUT2D eigenvalue weighted by Gasteiger charge is 2.26. The van der Waals surface area contributed by atoms with Crippen molar-refractivity contribution in [3.8, 4) is 0 Å². The minimum Gasteiger partial charge on any atom is -0.326 e. The summed E-state index contributed by atoms with van der Waals surface area (Å²) in [5.74, 6) is -0.0909. The number of aryl methyl sites for hydroxylation is 3. The molecule has 0 atom stereocenters. The summed E-state index contributed by atoms with van der Waals surface area (Å²) in [6, 6.07) is 16.4. The van der Waals surface area contributed by atoms with E-state index in [2.05, 4.69) is 15.3 Å². The second kappa shape index (κ2) is 10.7. The number of sulfonamides is 1. The van der Waals surface area contributed by atoms with E-state index >= 15 is 0 Å². The third-order valence-electron chi connectivity index (χ3n) is 5.58. The Hall–Kier alpha value is -2.75. The minimum absolute atomic E-state index is 0.0909. The van der Waals surface area contributed by atoms with Gasteiger partial charge in [0.1, 0.15) is 0 Å². The summed E-state index contributed by atoms with van der Waals surface area (Å²) in [6.07, 6.45) is 2.67. The molecule has 0 saturated carbocycles. The molecule has 7 nitrogen and oxygen atoms in total. The lowest BCUT2D eigenvalue weighted by Gasteiger charge is -2.15. The molecule has 0 unspecified atom stereocenters. The van der Waals surface area contributed by atoms with E-state index < -0.39 is 10.0 Å². The smallest absolute Gasteiger partial charge is 0.243 e. The molecule has 1 aromatic heterocycles. The standard InChI is InChI=1S/C25H28N4O3S2/c1-18-17-19(2)27-25(26-18)33-22-10-8-21(9-11-22)28-24(30)14-7-20-5-12-23(13-6-20)34(31,32)29-15-3-4-16-29/h5-6,8-13,17H,3-4,7,14-16H2,1-2H3,(H,28,30). The van der Waals surface area contributed by atoms with Crippen LogP contribution in [0.15, 0.2) is 69.5 Å². The highest BCUT2D eigenvalue weighted by Crippen LogP contribution is 2.26. The van der Waals surface area contributed by atoms with Gasteiger partial charge in [-0.05, 0) is 92.9 Å². The molecule has 2 heterocycles. The van der Waals surface area contributed by atoms with Crippen LogP contribution in [-0.2, 0) is 21.2 Å². The number of anilines is 1. The predicted molar refractivity (Wildman–Crippen MR) is 133 cm³/mol. The average molecular weight is 497 g/mol. The van der Waals surface area contributed by atoms with Crippen molar-refractivity contribution in [2.45, 2.75) is 54.5 Å². The topological polar surface area (TPSA) is 92.3 Å². The number of nitrogens with one attached hydrogen (secondary N) is 1. The summed E-state index contributed by atoms with van der Waals surface area (Å²) in [5, 5.41) is 3.61. The fourth-order valence-corrected chi connectivity index (χ4v) is 6.22. The van der Waals surface area contributed by atoms with Crippen LogP contribution in [0.5, 0.6) is 0 Å². The van der Waals surface area contributed by atoms with Crippen molar-refractivity contribution >= 4 is 33.4 Å². The molecule has 0 radical (unpaired) electrons. The molecule has 178 valence electrons. The van der Waals surface area contributed by atoms with Gasteiger partial charge in [-0.25, -0.2) is 18.4 Å². The Balaban J connectivity index is 1.28. The quantitative estimate of drug-likeness (QED) is 0.458. The summed E-state index contributed by atoms with van der Waals surface area (Å²) in [6.45, 7) is 5.07. The lowest BCUT2D eigenvalue weighted by Crippen LogP contribution is -2.27. The van der Waals surface area contributed by atoms with Crippen LogP contribution < -0.4 is 5.32 Å². The van der Waals surface area contributed by atoms with Gasteiger partial charge in [-0.3, -0.25) is 4.79 Å². The fourth-order valence-electron chi connectivity index (χ4n) is 3.84. The van der Waals surface area contributed by atoms with Crippen LogP contribution in [0.3, 0.4) is 0 Å². The first-order valence-corrected chi connectivity index (χ1v) is 13.5. The summed E-state index contributed by atoms with van der Waals surface area (Å²) in [4.78, 5) is 22.6. The first kappa shape index (κ1) is 24.4. The summed E-state index contributed by atoms with van der Waals surface area (Å²) in [5.41, 5.74) is 3.52. The molecule has 1 N–H and O–H groups in total. The van der Waals surface area contributed by atoms with Gasteiger partial charge in [0.2, 0.25) is 15.9 Å². The van der Waals surface area contributed by atoms with Crippen LogP contribution >= 0.6 is 11.8 Å². The second-order valence-corrected chi connectivity index (χ2v) is 11.3. The number of hydrogen-bond donors (Lipinski definition) is 1. The highest BCUT2D eigenvalue weighted by atomic mass is 32.2. The zero-order valence-corrected chi connectivity index (χ0v) is 21.0. The Kier molecular flexibility index (Phi) is 7.65. The van der Waals surface area contributed by atoms with E-state index in [0.29, 0.717) is 36.0 Å². The molecule has 4 rings (SSSR count). The molecule has 34 heavy (non-hydrogen) atoms. The molecule has 9 heteroatoms. The number of amides is 1. The Morgan fingerprint density at radius 2 is 1.59 bits per heavy atom. The molecular formula is C25H28N4O3S2. The van der Waals surface area contributed by atoms with Gasteiger partial charge in [-0.2, -0.15) is 4.31 Å². The molecule has 0 aliphatic carbocycles. The number of nitrogens with zero attached hydrogens (tertiary/aromatic N) is 3. The van der Waals surface area contributed by atoms with Gasteiger partial charge in [0.05, 0.1) is 4.90 Å². The predicted octanol–water partition coefficient (Wildman–Crippen LogP) is 4.60. The monoisotopic (exact) mass is 496 g/mol. The molecular weight excluding hydrogens is 468 g/mol. The first-order valence-electron chi connectivity index (χ1n) is 11.3. The Labute approximate surface area is 205 Å². The van der Waals surface area contributed by atoms with Gasteiger partial charge in [0, 0.05) is 41.5 Å². The number of hydrogen-bond acceptors (Lipinski definition) is 6. The van der Waals surface area contributed by atoms with E-state index in [9.17, 15) is 13.2 Å². The van der Waals surface area contributed by atoms with Crippen molar-refractivity contribution < 1.29 is 13.2 Å². The van der Waals surface area contributed by atoms with Gasteiger partial charge < -0.3 is 5.32 Å². The molecule has 1 saturated heterocycles. The van der Waals surface area contributed by atoms with Crippen LogP contribution in [0.2, 0.25) is 0 Å². The molecule has 1 aliphatic heterocycles. The third-order valence-corrected chi connectivity index (χ3v) is 8.36. The summed E-state index contributed by atoms with van der Waals surface area (Å²) in [7, 11) is -3.41. The SMILES string of the molecule is Cc1cc(C)nc(Sc2ccc(NC(=O)CCc3ccc(S(=O)(=O)N4CCCC4)cc3)cc2)n1. The van der Waals surface area contributed by atoms with Crippen molar-refractivity contribution in [3.05, 3.63) is 71.5 Å². The van der Waals surface area contributed by atoms with Crippen molar-refractivity contribution in [2.24, 2.45) is 0 Å². The Bertz CT molecular complexity index is 1230. The van der Waals surface area contributed by atoms with Gasteiger partial charge in [-0.1, -0.05) is 12.1 Å². The second-order valence-electron chi connectivity index (χ2n) is 8.36. The van der Waals surface area contributed by atoms with Crippen LogP contribution in [0, 0.1) is 13.8 Å². The van der Waals surface area contributed by atoms with Crippen molar-refractivity contribution in [1.29, 1.82) is 0 Å². The van der Waals surface area contributed by atoms with Gasteiger partial charge >= 0.3 is 0 Å². The summed E-state index contributed by atoms with van der Waals surface area (Å²) >= 11 is 1.48. The molecule has 1 amide bonds. The van der Waals surface area contributed by atoms with Crippen LogP contribution in [-0.4, -0.2) is 41.7 Å². The molecule has 2 aromatic carbocycles. The van der Waals surface area contributed by atoms with Crippen molar-refractivity contribution in [3.63, 3.8) is 0 Å². The lowest BCUT2D eigenvalue weighted by molar-refractivity contribution is -0.116. The molecule has 3 aromatic rings. The average Bonchev–Trinajstić information content (AvgIpc) is 3.35. The van der Waals surface area contributed by atoms with Gasteiger partial charge in [0.15, 0.2) is 5.16 Å². The van der Waals surface area contributed by atoms with E-state index in [4.69, 9.17) is 0 Å². The Morgan fingerprint density at radius 1 is 0.971 bits per heavy atom. The largest absolute Gasteiger partial charge is 0.326 e. The molecule has 0 bridgehead atoms. The van der Waals surface area contributed by atoms with Gasteiger partial charge in [-0.15, -0.1) is 0 Å². The zero-order chi connectivity index (χ0) is 24.1. The van der Waals surface area contributed by atoms with Crippen LogP contribution in [0.1, 0.15) is 36.2 Å². The minimum atomic E-state index is -3.41. The number of rotatable bonds is 8. The molecule has 0 spiro atoms. The van der Waals surface area contributed by atoms with E-state index in [1.54, 1.807) is 24.3 Å². The first-order chi connectivity index (χ1) is 16.3. The van der Waals surface area contributed by atoms with Crippen molar-refractivity contribution in [1.82, 2.24) is 14.3 Å². The lowest BCUT2D eigenvalue weighted by atomic mass is 10.1.